The zero-order valence-electron chi connectivity index (χ0n) is 12.1. The van der Waals surface area contributed by atoms with Crippen molar-refractivity contribution < 1.29 is 14.4 Å². The van der Waals surface area contributed by atoms with Crippen molar-refractivity contribution in [3.63, 3.8) is 0 Å². The van der Waals surface area contributed by atoms with Crippen molar-refractivity contribution in [2.24, 2.45) is 5.41 Å². The van der Waals surface area contributed by atoms with Gasteiger partial charge in [0.2, 0.25) is 0 Å². The molecule has 3 nitrogen and oxygen atoms in total. The van der Waals surface area contributed by atoms with Crippen LogP contribution in [-0.2, 0) is 4.57 Å². The summed E-state index contributed by atoms with van der Waals surface area (Å²) in [7, 11) is -3.95. The van der Waals surface area contributed by atoms with Gasteiger partial charge < -0.3 is 9.79 Å². The molecule has 108 valence electrons. The standard InChI is InChI=1S/C14H29O3P/c1-13(2,3)9-7-8-12-14(18(15,16)17)10-5-4-6-11-14/h4-12H2,1-3H3,(H2,15,16,17). The third-order valence-corrected chi connectivity index (χ3v) is 6.13. The molecule has 1 saturated carbocycles. The van der Waals surface area contributed by atoms with Gasteiger partial charge in [-0.1, -0.05) is 52.9 Å². The van der Waals surface area contributed by atoms with Gasteiger partial charge in [0, 0.05) is 0 Å². The second kappa shape index (κ2) is 6.07. The molecule has 1 aliphatic rings. The molecule has 0 aromatic rings. The van der Waals surface area contributed by atoms with Gasteiger partial charge in [0.05, 0.1) is 5.16 Å². The molecular formula is C14H29O3P. The summed E-state index contributed by atoms with van der Waals surface area (Å²) in [5.74, 6) is 0. The molecule has 18 heavy (non-hydrogen) atoms. The first kappa shape index (κ1) is 16.2. The largest absolute Gasteiger partial charge is 0.331 e. The lowest BCUT2D eigenvalue weighted by Crippen LogP contribution is -2.31. The average Bonchev–Trinajstić information content (AvgIpc) is 2.23. The fourth-order valence-corrected chi connectivity index (χ4v) is 4.35. The molecule has 1 fully saturated rings. The summed E-state index contributed by atoms with van der Waals surface area (Å²) in [4.78, 5) is 19.3. The molecule has 1 aliphatic carbocycles. The van der Waals surface area contributed by atoms with E-state index >= 15 is 0 Å². The van der Waals surface area contributed by atoms with Gasteiger partial charge in [-0.15, -0.1) is 0 Å². The minimum atomic E-state index is -3.95. The van der Waals surface area contributed by atoms with E-state index in [1.807, 2.05) is 0 Å². The minimum absolute atomic E-state index is 0.321. The maximum Gasteiger partial charge on any atom is 0.331 e. The first-order valence-corrected chi connectivity index (χ1v) is 8.83. The topological polar surface area (TPSA) is 57.5 Å². The smallest absolute Gasteiger partial charge is 0.324 e. The van der Waals surface area contributed by atoms with Crippen molar-refractivity contribution in [1.82, 2.24) is 0 Å². The molecule has 0 radical (unpaired) electrons. The predicted octanol–water partition coefficient (Wildman–Crippen LogP) is 4.47. The first-order valence-electron chi connectivity index (χ1n) is 7.22. The van der Waals surface area contributed by atoms with E-state index in [0.29, 0.717) is 24.7 Å². The zero-order chi connectivity index (χ0) is 13.9. The van der Waals surface area contributed by atoms with E-state index in [1.54, 1.807) is 0 Å². The molecule has 0 aromatic carbocycles. The predicted molar refractivity (Wildman–Crippen MR) is 75.8 cm³/mol. The van der Waals surface area contributed by atoms with Crippen LogP contribution in [0.1, 0.15) is 78.6 Å². The number of rotatable bonds is 5. The van der Waals surface area contributed by atoms with Gasteiger partial charge in [-0.2, -0.15) is 0 Å². The van der Waals surface area contributed by atoms with Crippen LogP contribution < -0.4 is 0 Å². The third kappa shape index (κ3) is 4.68. The van der Waals surface area contributed by atoms with E-state index < -0.39 is 12.8 Å². The third-order valence-electron chi connectivity index (χ3n) is 4.22. The monoisotopic (exact) mass is 276 g/mol. The van der Waals surface area contributed by atoms with Gasteiger partial charge in [-0.3, -0.25) is 4.57 Å². The van der Waals surface area contributed by atoms with Gasteiger partial charge in [0.25, 0.3) is 0 Å². The Balaban J connectivity index is 2.51. The molecule has 0 amide bonds. The zero-order valence-corrected chi connectivity index (χ0v) is 13.0. The Morgan fingerprint density at radius 2 is 1.61 bits per heavy atom. The summed E-state index contributed by atoms with van der Waals surface area (Å²) in [5, 5.41) is -0.691. The van der Waals surface area contributed by atoms with Crippen molar-refractivity contribution in [3.05, 3.63) is 0 Å². The highest BCUT2D eigenvalue weighted by Crippen LogP contribution is 2.60. The Labute approximate surface area is 112 Å². The fraction of sp³-hybridized carbons (Fsp3) is 1.00. The van der Waals surface area contributed by atoms with E-state index in [1.165, 1.54) is 0 Å². The second-order valence-corrected chi connectivity index (χ2v) is 9.13. The Bertz CT molecular complexity index is 295. The minimum Gasteiger partial charge on any atom is -0.324 e. The van der Waals surface area contributed by atoms with Crippen LogP contribution in [0.25, 0.3) is 0 Å². The average molecular weight is 276 g/mol. The van der Waals surface area contributed by atoms with Crippen LogP contribution in [0.15, 0.2) is 0 Å². The number of hydrogen-bond acceptors (Lipinski definition) is 1. The molecule has 2 N–H and O–H groups in total. The van der Waals surface area contributed by atoms with E-state index in [9.17, 15) is 14.4 Å². The molecule has 1 rings (SSSR count). The maximum absolute atomic E-state index is 11.8. The molecule has 0 saturated heterocycles. The highest BCUT2D eigenvalue weighted by molar-refractivity contribution is 7.53. The van der Waals surface area contributed by atoms with E-state index in [-0.39, 0.29) is 0 Å². The van der Waals surface area contributed by atoms with Crippen LogP contribution in [0.4, 0.5) is 0 Å². The van der Waals surface area contributed by atoms with Crippen LogP contribution in [0, 0.1) is 5.41 Å². The summed E-state index contributed by atoms with van der Waals surface area (Å²) in [6.07, 6.45) is 8.36. The molecular weight excluding hydrogens is 247 g/mol. The molecule has 0 atom stereocenters. The first-order chi connectivity index (χ1) is 8.16. The Kier molecular flexibility index (Phi) is 5.46. The Hall–Kier alpha value is 0.150. The van der Waals surface area contributed by atoms with Crippen LogP contribution in [-0.4, -0.2) is 14.9 Å². The quantitative estimate of drug-likeness (QED) is 0.575. The lowest BCUT2D eigenvalue weighted by atomic mass is 9.83. The summed E-state index contributed by atoms with van der Waals surface area (Å²) in [5.41, 5.74) is 0.321. The molecule has 0 aliphatic heterocycles. The van der Waals surface area contributed by atoms with Crippen molar-refractivity contribution in [2.75, 3.05) is 0 Å². The fourth-order valence-electron chi connectivity index (χ4n) is 3.01. The molecule has 0 unspecified atom stereocenters. The summed E-state index contributed by atoms with van der Waals surface area (Å²) in [6.45, 7) is 6.64. The lowest BCUT2D eigenvalue weighted by Gasteiger charge is -2.37. The van der Waals surface area contributed by atoms with Crippen LogP contribution in [0.2, 0.25) is 0 Å². The Morgan fingerprint density at radius 3 is 2.06 bits per heavy atom. The molecule has 0 bridgehead atoms. The van der Waals surface area contributed by atoms with Gasteiger partial charge in [-0.05, 0) is 31.1 Å². The highest BCUT2D eigenvalue weighted by Gasteiger charge is 2.46. The van der Waals surface area contributed by atoms with Crippen LogP contribution in [0.5, 0.6) is 0 Å². The Morgan fingerprint density at radius 1 is 1.06 bits per heavy atom. The van der Waals surface area contributed by atoms with Gasteiger partial charge >= 0.3 is 7.60 Å². The molecule has 0 aromatic heterocycles. The molecule has 4 heteroatoms. The number of unbranched alkanes of at least 4 members (excludes halogenated alkanes) is 1. The number of hydrogen-bond donors (Lipinski definition) is 2. The molecule has 0 heterocycles. The van der Waals surface area contributed by atoms with Crippen molar-refractivity contribution in [2.45, 2.75) is 83.7 Å². The van der Waals surface area contributed by atoms with Gasteiger partial charge in [0.1, 0.15) is 0 Å². The highest BCUT2D eigenvalue weighted by atomic mass is 31.2. The van der Waals surface area contributed by atoms with Crippen molar-refractivity contribution in [1.29, 1.82) is 0 Å². The summed E-state index contributed by atoms with van der Waals surface area (Å²) < 4.78 is 11.8. The lowest BCUT2D eigenvalue weighted by molar-refractivity contribution is 0.259. The molecule has 0 spiro atoms. The van der Waals surface area contributed by atoms with Crippen LogP contribution >= 0.6 is 7.60 Å². The SMILES string of the molecule is CC(C)(C)CCCCC1(P(=O)(O)O)CCCCC1. The van der Waals surface area contributed by atoms with E-state index in [2.05, 4.69) is 20.8 Å². The van der Waals surface area contributed by atoms with E-state index in [4.69, 9.17) is 0 Å². The van der Waals surface area contributed by atoms with Crippen molar-refractivity contribution in [3.8, 4) is 0 Å². The van der Waals surface area contributed by atoms with Crippen molar-refractivity contribution >= 4 is 7.60 Å². The second-order valence-electron chi connectivity index (χ2n) is 7.10. The van der Waals surface area contributed by atoms with E-state index in [0.717, 1.165) is 38.5 Å². The van der Waals surface area contributed by atoms with Gasteiger partial charge in [0.15, 0.2) is 0 Å². The summed E-state index contributed by atoms with van der Waals surface area (Å²) >= 11 is 0. The maximum atomic E-state index is 11.8. The van der Waals surface area contributed by atoms with Crippen LogP contribution in [0.3, 0.4) is 0 Å². The van der Waals surface area contributed by atoms with Gasteiger partial charge in [-0.25, -0.2) is 0 Å². The normalized spacial score (nSPS) is 20.9. The summed E-state index contributed by atoms with van der Waals surface area (Å²) in [6, 6.07) is 0.